The molecule has 0 aliphatic carbocycles. The van der Waals surface area contributed by atoms with Crippen molar-refractivity contribution in [1.29, 1.82) is 0 Å². The fourth-order valence-corrected chi connectivity index (χ4v) is 2.28. The Hall–Kier alpha value is -1.89. The van der Waals surface area contributed by atoms with E-state index in [0.717, 1.165) is 38.3 Å². The van der Waals surface area contributed by atoms with Gasteiger partial charge in [0.05, 0.1) is 11.9 Å². The second kappa shape index (κ2) is 6.91. The SMILES string of the molecule is CCC(C)(C)NC(=O)Cn1ncc(N2CCNCC2)cc1=O. The van der Waals surface area contributed by atoms with Gasteiger partial charge in [0.15, 0.2) is 0 Å². The summed E-state index contributed by atoms with van der Waals surface area (Å²) in [5, 5.41) is 10.3. The average Bonchev–Trinajstić information content (AvgIpc) is 2.49. The molecule has 0 bridgehead atoms. The van der Waals surface area contributed by atoms with E-state index in [-0.39, 0.29) is 23.6 Å². The number of anilines is 1. The van der Waals surface area contributed by atoms with Gasteiger partial charge in [-0.1, -0.05) is 6.92 Å². The van der Waals surface area contributed by atoms with E-state index in [1.165, 1.54) is 4.68 Å². The number of hydrogen-bond donors (Lipinski definition) is 2. The van der Waals surface area contributed by atoms with Crippen molar-refractivity contribution in [3.63, 3.8) is 0 Å². The Labute approximate surface area is 130 Å². The summed E-state index contributed by atoms with van der Waals surface area (Å²) >= 11 is 0. The maximum atomic E-state index is 12.1. The molecule has 0 saturated carbocycles. The zero-order chi connectivity index (χ0) is 16.2. The van der Waals surface area contributed by atoms with E-state index in [2.05, 4.69) is 20.6 Å². The van der Waals surface area contributed by atoms with Gasteiger partial charge < -0.3 is 15.5 Å². The topological polar surface area (TPSA) is 79.3 Å². The van der Waals surface area contributed by atoms with Crippen molar-refractivity contribution in [3.05, 3.63) is 22.6 Å². The molecule has 0 atom stereocenters. The lowest BCUT2D eigenvalue weighted by molar-refractivity contribution is -0.123. The molecule has 1 aliphatic rings. The largest absolute Gasteiger partial charge is 0.368 e. The molecule has 7 heteroatoms. The third kappa shape index (κ3) is 4.30. The van der Waals surface area contributed by atoms with E-state index in [1.807, 2.05) is 20.8 Å². The maximum Gasteiger partial charge on any atom is 0.269 e. The molecule has 0 radical (unpaired) electrons. The molecule has 2 rings (SSSR count). The number of piperazine rings is 1. The third-order valence-corrected chi connectivity index (χ3v) is 3.99. The number of carbonyl (C=O) groups is 1. The summed E-state index contributed by atoms with van der Waals surface area (Å²) < 4.78 is 1.20. The zero-order valence-corrected chi connectivity index (χ0v) is 13.6. The first-order valence-electron chi connectivity index (χ1n) is 7.75. The summed E-state index contributed by atoms with van der Waals surface area (Å²) in [5.41, 5.74) is 0.291. The molecule has 0 aromatic carbocycles. The highest BCUT2D eigenvalue weighted by atomic mass is 16.2. The van der Waals surface area contributed by atoms with Crippen molar-refractivity contribution >= 4 is 11.6 Å². The highest BCUT2D eigenvalue weighted by Crippen LogP contribution is 2.10. The van der Waals surface area contributed by atoms with Crippen LogP contribution >= 0.6 is 0 Å². The predicted molar refractivity (Wildman–Crippen MR) is 86.1 cm³/mol. The lowest BCUT2D eigenvalue weighted by Gasteiger charge is -2.29. The number of nitrogens with zero attached hydrogens (tertiary/aromatic N) is 3. The molecule has 22 heavy (non-hydrogen) atoms. The maximum absolute atomic E-state index is 12.1. The fourth-order valence-electron chi connectivity index (χ4n) is 2.28. The molecule has 122 valence electrons. The summed E-state index contributed by atoms with van der Waals surface area (Å²) in [7, 11) is 0. The van der Waals surface area contributed by atoms with Crippen LogP contribution in [0.15, 0.2) is 17.1 Å². The Morgan fingerprint density at radius 3 is 2.68 bits per heavy atom. The van der Waals surface area contributed by atoms with Gasteiger partial charge in [-0.2, -0.15) is 5.10 Å². The van der Waals surface area contributed by atoms with E-state index >= 15 is 0 Å². The first-order valence-corrected chi connectivity index (χ1v) is 7.75. The van der Waals surface area contributed by atoms with E-state index in [0.29, 0.717) is 0 Å². The van der Waals surface area contributed by atoms with E-state index in [9.17, 15) is 9.59 Å². The molecular weight excluding hydrogens is 282 g/mol. The van der Waals surface area contributed by atoms with Crippen LogP contribution in [0.25, 0.3) is 0 Å². The molecule has 7 nitrogen and oxygen atoms in total. The molecule has 0 spiro atoms. The predicted octanol–water partition coefficient (Wildman–Crippen LogP) is -0.0423. The molecule has 1 aromatic rings. The van der Waals surface area contributed by atoms with E-state index in [1.54, 1.807) is 12.3 Å². The summed E-state index contributed by atoms with van der Waals surface area (Å²) in [6.45, 7) is 9.38. The van der Waals surface area contributed by atoms with Gasteiger partial charge in [-0.25, -0.2) is 4.68 Å². The van der Waals surface area contributed by atoms with Gasteiger partial charge in [-0.3, -0.25) is 9.59 Å². The number of aromatic nitrogens is 2. The Balaban J connectivity index is 2.03. The van der Waals surface area contributed by atoms with Crippen molar-refractivity contribution in [2.24, 2.45) is 0 Å². The molecule has 1 fully saturated rings. The van der Waals surface area contributed by atoms with Gasteiger partial charge in [0.1, 0.15) is 6.54 Å². The Morgan fingerprint density at radius 1 is 1.41 bits per heavy atom. The van der Waals surface area contributed by atoms with Crippen molar-refractivity contribution < 1.29 is 4.79 Å². The van der Waals surface area contributed by atoms with Gasteiger partial charge in [0.2, 0.25) is 5.91 Å². The quantitative estimate of drug-likeness (QED) is 0.798. The normalized spacial score (nSPS) is 15.7. The highest BCUT2D eigenvalue weighted by molar-refractivity contribution is 5.76. The zero-order valence-electron chi connectivity index (χ0n) is 13.6. The second-order valence-electron chi connectivity index (χ2n) is 6.23. The molecule has 1 saturated heterocycles. The summed E-state index contributed by atoms with van der Waals surface area (Å²) in [4.78, 5) is 26.2. The first kappa shape index (κ1) is 16.5. The first-order chi connectivity index (χ1) is 10.4. The van der Waals surface area contributed by atoms with Gasteiger partial charge >= 0.3 is 0 Å². The van der Waals surface area contributed by atoms with Gasteiger partial charge in [0.25, 0.3) is 5.56 Å². The molecule has 1 aromatic heterocycles. The van der Waals surface area contributed by atoms with Crippen LogP contribution in [0.5, 0.6) is 0 Å². The molecular formula is C15H25N5O2. The van der Waals surface area contributed by atoms with Crippen LogP contribution in [0.2, 0.25) is 0 Å². The number of nitrogens with one attached hydrogen (secondary N) is 2. The number of carbonyl (C=O) groups excluding carboxylic acids is 1. The van der Waals surface area contributed by atoms with Crippen LogP contribution < -0.4 is 21.1 Å². The molecule has 0 unspecified atom stereocenters. The van der Waals surface area contributed by atoms with Crippen molar-refractivity contribution in [3.8, 4) is 0 Å². The lowest BCUT2D eigenvalue weighted by atomic mass is 10.0. The summed E-state index contributed by atoms with van der Waals surface area (Å²) in [5.74, 6) is -0.198. The summed E-state index contributed by atoms with van der Waals surface area (Å²) in [6.07, 6.45) is 2.48. The third-order valence-electron chi connectivity index (χ3n) is 3.99. The second-order valence-corrected chi connectivity index (χ2v) is 6.23. The standard InChI is InChI=1S/C15H25N5O2/c1-4-15(2,3)18-13(21)11-20-14(22)9-12(10-17-20)19-7-5-16-6-8-19/h9-10,16H,4-8,11H2,1-3H3,(H,18,21). The van der Waals surface area contributed by atoms with Crippen molar-refractivity contribution in [2.75, 3.05) is 31.1 Å². The number of hydrogen-bond acceptors (Lipinski definition) is 5. The molecule has 1 amide bonds. The average molecular weight is 307 g/mol. The van der Waals surface area contributed by atoms with Crippen molar-refractivity contribution in [1.82, 2.24) is 20.4 Å². The lowest BCUT2D eigenvalue weighted by Crippen LogP contribution is -2.46. The molecule has 2 heterocycles. The smallest absolute Gasteiger partial charge is 0.269 e. The van der Waals surface area contributed by atoms with Gasteiger partial charge in [-0.05, 0) is 20.3 Å². The fraction of sp³-hybridized carbons (Fsp3) is 0.667. The minimum absolute atomic E-state index is 0.0515. The highest BCUT2D eigenvalue weighted by Gasteiger charge is 2.19. The van der Waals surface area contributed by atoms with Crippen LogP contribution in [0, 0.1) is 0 Å². The van der Waals surface area contributed by atoms with Crippen LogP contribution in [0.4, 0.5) is 5.69 Å². The van der Waals surface area contributed by atoms with Crippen molar-refractivity contribution in [2.45, 2.75) is 39.3 Å². The van der Waals surface area contributed by atoms with Crippen LogP contribution in [-0.2, 0) is 11.3 Å². The van der Waals surface area contributed by atoms with Crippen LogP contribution in [0.1, 0.15) is 27.2 Å². The molecule has 2 N–H and O–H groups in total. The number of amides is 1. The van der Waals surface area contributed by atoms with Crippen LogP contribution in [0.3, 0.4) is 0 Å². The Morgan fingerprint density at radius 2 is 2.09 bits per heavy atom. The minimum Gasteiger partial charge on any atom is -0.368 e. The number of rotatable bonds is 5. The summed E-state index contributed by atoms with van der Waals surface area (Å²) in [6, 6.07) is 1.55. The minimum atomic E-state index is -0.276. The van der Waals surface area contributed by atoms with Gasteiger partial charge in [0, 0.05) is 37.8 Å². The Bertz CT molecular complexity index is 576. The van der Waals surface area contributed by atoms with E-state index < -0.39 is 0 Å². The van der Waals surface area contributed by atoms with E-state index in [4.69, 9.17) is 0 Å². The van der Waals surface area contributed by atoms with Crippen LogP contribution in [-0.4, -0.2) is 47.4 Å². The molecule has 1 aliphatic heterocycles. The Kier molecular flexibility index (Phi) is 5.18. The monoisotopic (exact) mass is 307 g/mol. The van der Waals surface area contributed by atoms with Gasteiger partial charge in [-0.15, -0.1) is 0 Å².